The van der Waals surface area contributed by atoms with Gasteiger partial charge in [0, 0.05) is 3.57 Å². The van der Waals surface area contributed by atoms with E-state index in [1.807, 2.05) is 0 Å². The summed E-state index contributed by atoms with van der Waals surface area (Å²) in [6.07, 6.45) is 2.30. The predicted molar refractivity (Wildman–Crippen MR) is 93.5 cm³/mol. The van der Waals surface area contributed by atoms with Gasteiger partial charge in [-0.2, -0.15) is 0 Å². The van der Waals surface area contributed by atoms with Crippen LogP contribution in [0.3, 0.4) is 0 Å². The Morgan fingerprint density at radius 1 is 1.15 bits per heavy atom. The average Bonchev–Trinajstić information content (AvgIpc) is 2.46. The number of aryl methyl sites for hydroxylation is 2. The number of hydrazine groups is 1. The second-order valence-electron chi connectivity index (χ2n) is 5.07. The minimum Gasteiger partial charge on any atom is -0.271 e. The van der Waals surface area contributed by atoms with Crippen LogP contribution >= 0.6 is 22.6 Å². The number of benzene rings is 2. The van der Waals surface area contributed by atoms with Crippen LogP contribution in [-0.4, -0.2) is 0 Å². The Bertz CT molecular complexity index is 564. The molecule has 2 aromatic rings. The molecule has 0 saturated heterocycles. The van der Waals surface area contributed by atoms with E-state index in [1.54, 1.807) is 0 Å². The van der Waals surface area contributed by atoms with E-state index < -0.39 is 0 Å². The topological polar surface area (TPSA) is 38.0 Å². The number of nitrogens with one attached hydrogen (secondary N) is 1. The van der Waals surface area contributed by atoms with E-state index in [2.05, 4.69) is 84.3 Å². The summed E-state index contributed by atoms with van der Waals surface area (Å²) in [7, 11) is 0. The Hall–Kier alpha value is -0.910. The molecule has 0 spiro atoms. The number of rotatable bonds is 5. The molecule has 0 amide bonds. The zero-order valence-corrected chi connectivity index (χ0v) is 14.1. The standard InChI is InChI=1S/C17H21IN2/c1-3-5-13-8-10-14(11-9-13)17(20-19)15-7-4-6-12(2)16(15)18/h4,6-11,17,20H,3,5,19H2,1-2H3. The largest absolute Gasteiger partial charge is 0.271 e. The van der Waals surface area contributed by atoms with E-state index >= 15 is 0 Å². The molecule has 106 valence electrons. The highest BCUT2D eigenvalue weighted by Gasteiger charge is 2.16. The first kappa shape index (κ1) is 15.5. The van der Waals surface area contributed by atoms with Crippen molar-refractivity contribution >= 4 is 22.6 Å². The molecule has 2 nitrogen and oxygen atoms in total. The van der Waals surface area contributed by atoms with Gasteiger partial charge >= 0.3 is 0 Å². The van der Waals surface area contributed by atoms with Crippen molar-refractivity contribution in [1.29, 1.82) is 0 Å². The van der Waals surface area contributed by atoms with E-state index in [9.17, 15) is 0 Å². The smallest absolute Gasteiger partial charge is 0.0720 e. The molecule has 0 aliphatic rings. The predicted octanol–water partition coefficient (Wildman–Crippen LogP) is 4.10. The summed E-state index contributed by atoms with van der Waals surface area (Å²) in [5.74, 6) is 5.80. The zero-order chi connectivity index (χ0) is 14.5. The fourth-order valence-corrected chi connectivity index (χ4v) is 3.10. The molecule has 0 bridgehead atoms. The molecule has 2 aromatic carbocycles. The Morgan fingerprint density at radius 3 is 2.45 bits per heavy atom. The molecule has 0 saturated carbocycles. The molecule has 20 heavy (non-hydrogen) atoms. The first-order valence-corrected chi connectivity index (χ1v) is 8.05. The van der Waals surface area contributed by atoms with Crippen molar-refractivity contribution in [2.75, 3.05) is 0 Å². The number of hydrogen-bond donors (Lipinski definition) is 2. The Labute approximate surface area is 134 Å². The Morgan fingerprint density at radius 2 is 1.85 bits per heavy atom. The van der Waals surface area contributed by atoms with Crippen LogP contribution in [0.15, 0.2) is 42.5 Å². The van der Waals surface area contributed by atoms with E-state index in [0.29, 0.717) is 0 Å². The summed E-state index contributed by atoms with van der Waals surface area (Å²) >= 11 is 2.39. The summed E-state index contributed by atoms with van der Waals surface area (Å²) in [4.78, 5) is 0. The summed E-state index contributed by atoms with van der Waals surface area (Å²) in [5.41, 5.74) is 8.05. The third-order valence-electron chi connectivity index (χ3n) is 3.55. The summed E-state index contributed by atoms with van der Waals surface area (Å²) in [6.45, 7) is 4.33. The maximum Gasteiger partial charge on any atom is 0.0720 e. The Balaban J connectivity index is 2.34. The number of hydrogen-bond acceptors (Lipinski definition) is 2. The SMILES string of the molecule is CCCc1ccc(C(NN)c2cccc(C)c2I)cc1. The van der Waals surface area contributed by atoms with Crippen molar-refractivity contribution in [3.63, 3.8) is 0 Å². The van der Waals surface area contributed by atoms with Crippen molar-refractivity contribution < 1.29 is 0 Å². The maximum atomic E-state index is 5.80. The van der Waals surface area contributed by atoms with Gasteiger partial charge in [-0.3, -0.25) is 5.84 Å². The number of nitrogens with two attached hydrogens (primary N) is 1. The second-order valence-corrected chi connectivity index (χ2v) is 6.15. The lowest BCUT2D eigenvalue weighted by Gasteiger charge is -2.19. The molecule has 1 unspecified atom stereocenters. The molecule has 2 rings (SSSR count). The van der Waals surface area contributed by atoms with E-state index in [4.69, 9.17) is 5.84 Å². The molecule has 1 atom stereocenters. The third-order valence-corrected chi connectivity index (χ3v) is 5.02. The lowest BCUT2D eigenvalue weighted by Crippen LogP contribution is -2.29. The normalized spacial score (nSPS) is 12.4. The molecule has 0 heterocycles. The minimum atomic E-state index is 0.0393. The summed E-state index contributed by atoms with van der Waals surface area (Å²) in [6, 6.07) is 15.1. The molecule has 0 fully saturated rings. The van der Waals surface area contributed by atoms with E-state index in [-0.39, 0.29) is 6.04 Å². The summed E-state index contributed by atoms with van der Waals surface area (Å²) in [5, 5.41) is 0. The van der Waals surface area contributed by atoms with Gasteiger partial charge in [-0.05, 0) is 58.2 Å². The Kier molecular flexibility index (Phi) is 5.57. The van der Waals surface area contributed by atoms with Gasteiger partial charge in [0.05, 0.1) is 6.04 Å². The first-order chi connectivity index (χ1) is 9.67. The molecule has 0 radical (unpaired) electrons. The molecular formula is C17H21IN2. The third kappa shape index (κ3) is 3.40. The summed E-state index contributed by atoms with van der Waals surface area (Å²) < 4.78 is 1.27. The van der Waals surface area contributed by atoms with Gasteiger partial charge in [0.25, 0.3) is 0 Å². The van der Waals surface area contributed by atoms with Crippen LogP contribution < -0.4 is 11.3 Å². The van der Waals surface area contributed by atoms with Gasteiger partial charge in [0.15, 0.2) is 0 Å². The van der Waals surface area contributed by atoms with Gasteiger partial charge in [0.1, 0.15) is 0 Å². The van der Waals surface area contributed by atoms with Gasteiger partial charge in [-0.25, -0.2) is 5.43 Å². The highest BCUT2D eigenvalue weighted by Crippen LogP contribution is 2.27. The van der Waals surface area contributed by atoms with Crippen molar-refractivity contribution in [3.8, 4) is 0 Å². The van der Waals surface area contributed by atoms with Crippen LogP contribution in [0, 0.1) is 10.5 Å². The van der Waals surface area contributed by atoms with Crippen molar-refractivity contribution in [2.45, 2.75) is 32.7 Å². The average molecular weight is 380 g/mol. The fourth-order valence-electron chi connectivity index (χ4n) is 2.42. The van der Waals surface area contributed by atoms with Crippen LogP contribution in [0.1, 0.15) is 41.6 Å². The van der Waals surface area contributed by atoms with E-state index in [1.165, 1.54) is 32.2 Å². The van der Waals surface area contributed by atoms with Crippen LogP contribution in [0.4, 0.5) is 0 Å². The van der Waals surface area contributed by atoms with Crippen molar-refractivity contribution in [1.82, 2.24) is 5.43 Å². The second kappa shape index (κ2) is 7.20. The quantitative estimate of drug-likeness (QED) is 0.466. The van der Waals surface area contributed by atoms with Crippen LogP contribution in [0.2, 0.25) is 0 Å². The van der Waals surface area contributed by atoms with E-state index in [0.717, 1.165) is 6.42 Å². The van der Waals surface area contributed by atoms with Gasteiger partial charge in [-0.1, -0.05) is 55.8 Å². The highest BCUT2D eigenvalue weighted by molar-refractivity contribution is 14.1. The number of halogens is 1. The lowest BCUT2D eigenvalue weighted by atomic mass is 9.96. The van der Waals surface area contributed by atoms with Gasteiger partial charge < -0.3 is 0 Å². The first-order valence-electron chi connectivity index (χ1n) is 6.97. The minimum absolute atomic E-state index is 0.0393. The molecular weight excluding hydrogens is 359 g/mol. The molecule has 0 aromatic heterocycles. The molecule has 3 N–H and O–H groups in total. The fraction of sp³-hybridized carbons (Fsp3) is 0.294. The molecule has 0 aliphatic carbocycles. The van der Waals surface area contributed by atoms with Crippen LogP contribution in [0.25, 0.3) is 0 Å². The van der Waals surface area contributed by atoms with Crippen molar-refractivity contribution in [2.24, 2.45) is 5.84 Å². The maximum absolute atomic E-state index is 5.80. The van der Waals surface area contributed by atoms with Crippen LogP contribution in [0.5, 0.6) is 0 Å². The lowest BCUT2D eigenvalue weighted by molar-refractivity contribution is 0.633. The zero-order valence-electron chi connectivity index (χ0n) is 12.0. The molecule has 0 aliphatic heterocycles. The monoisotopic (exact) mass is 380 g/mol. The van der Waals surface area contributed by atoms with Gasteiger partial charge in [0.2, 0.25) is 0 Å². The van der Waals surface area contributed by atoms with Gasteiger partial charge in [-0.15, -0.1) is 0 Å². The van der Waals surface area contributed by atoms with Crippen molar-refractivity contribution in [3.05, 3.63) is 68.3 Å². The van der Waals surface area contributed by atoms with Crippen LogP contribution in [-0.2, 0) is 6.42 Å². The molecule has 3 heteroatoms. The highest BCUT2D eigenvalue weighted by atomic mass is 127.